The zero-order valence-electron chi connectivity index (χ0n) is 12.6. The summed E-state index contributed by atoms with van der Waals surface area (Å²) in [6.07, 6.45) is 0.731. The van der Waals surface area contributed by atoms with Gasteiger partial charge in [-0.2, -0.15) is 5.26 Å². The first-order chi connectivity index (χ1) is 11.0. The highest BCUT2D eigenvalue weighted by Gasteiger charge is 2.54. The number of nitrogens with zero attached hydrogens (tertiary/aromatic N) is 1. The molecular weight excluding hydrogens is 316 g/mol. The molecule has 2 aliphatic rings. The van der Waals surface area contributed by atoms with Crippen molar-refractivity contribution in [2.75, 3.05) is 0 Å². The van der Waals surface area contributed by atoms with Gasteiger partial charge in [0, 0.05) is 12.8 Å². The van der Waals surface area contributed by atoms with Gasteiger partial charge in [0.05, 0.1) is 16.6 Å². The van der Waals surface area contributed by atoms with Crippen LogP contribution >= 0.6 is 0 Å². The smallest absolute Gasteiger partial charge is 0.408 e. The number of carbonyl (C=O) groups excluding carboxylic acids is 1. The highest BCUT2D eigenvalue weighted by Crippen LogP contribution is 2.42. The molecule has 6 nitrogen and oxygen atoms in total. The van der Waals surface area contributed by atoms with Crippen LogP contribution in [0.1, 0.15) is 31.2 Å². The number of benzene rings is 1. The average molecular weight is 334 g/mol. The first-order valence-corrected chi connectivity index (χ1v) is 9.19. The van der Waals surface area contributed by atoms with E-state index in [4.69, 9.17) is 4.74 Å². The van der Waals surface area contributed by atoms with E-state index in [2.05, 4.69) is 11.4 Å². The van der Waals surface area contributed by atoms with Crippen molar-refractivity contribution in [3.8, 4) is 6.07 Å². The van der Waals surface area contributed by atoms with E-state index in [-0.39, 0.29) is 19.4 Å². The number of nitrogens with one attached hydrogen (secondary N) is 1. The molecule has 122 valence electrons. The quantitative estimate of drug-likeness (QED) is 0.911. The Balaban J connectivity index is 1.64. The molecule has 0 spiro atoms. The molecule has 1 aromatic carbocycles. The summed E-state index contributed by atoms with van der Waals surface area (Å²) in [5.74, 6) is 0. The van der Waals surface area contributed by atoms with Gasteiger partial charge >= 0.3 is 6.09 Å². The molecule has 2 fully saturated rings. The van der Waals surface area contributed by atoms with Crippen molar-refractivity contribution in [2.45, 2.75) is 48.3 Å². The van der Waals surface area contributed by atoms with E-state index in [1.165, 1.54) is 0 Å². The molecule has 2 bridgehead atoms. The number of nitriles is 1. The Morgan fingerprint density at radius 2 is 1.87 bits per heavy atom. The van der Waals surface area contributed by atoms with E-state index in [0.717, 1.165) is 5.56 Å². The maximum Gasteiger partial charge on any atom is 0.408 e. The summed E-state index contributed by atoms with van der Waals surface area (Å²) in [5, 5.41) is 11.0. The Labute approximate surface area is 135 Å². The summed E-state index contributed by atoms with van der Waals surface area (Å²) in [7, 11) is -3.14. The molecule has 0 aromatic heterocycles. The van der Waals surface area contributed by atoms with E-state index >= 15 is 0 Å². The molecule has 7 heteroatoms. The van der Waals surface area contributed by atoms with Crippen molar-refractivity contribution in [2.24, 2.45) is 0 Å². The molecule has 2 heterocycles. The molecule has 3 rings (SSSR count). The predicted octanol–water partition coefficient (Wildman–Crippen LogP) is 1.91. The molecule has 2 saturated heterocycles. The maximum atomic E-state index is 12.1. The van der Waals surface area contributed by atoms with Gasteiger partial charge in [-0.05, 0) is 18.4 Å². The van der Waals surface area contributed by atoms with Crippen molar-refractivity contribution in [3.05, 3.63) is 35.9 Å². The number of sulfone groups is 1. The van der Waals surface area contributed by atoms with E-state index in [0.29, 0.717) is 12.8 Å². The Hall–Kier alpha value is -2.07. The zero-order valence-corrected chi connectivity index (χ0v) is 13.4. The molecule has 0 aliphatic carbocycles. The molecule has 2 aliphatic heterocycles. The lowest BCUT2D eigenvalue weighted by atomic mass is 9.91. The lowest BCUT2D eigenvalue weighted by molar-refractivity contribution is 0.129. The lowest BCUT2D eigenvalue weighted by Gasteiger charge is -2.35. The fourth-order valence-corrected chi connectivity index (χ4v) is 5.95. The topological polar surface area (TPSA) is 96.3 Å². The first-order valence-electron chi connectivity index (χ1n) is 7.58. The van der Waals surface area contributed by atoms with Gasteiger partial charge in [0.1, 0.15) is 12.1 Å². The van der Waals surface area contributed by atoms with E-state index in [9.17, 15) is 18.5 Å². The average Bonchev–Trinajstić information content (AvgIpc) is 2.73. The highest BCUT2D eigenvalue weighted by molar-refractivity contribution is 7.93. The molecule has 23 heavy (non-hydrogen) atoms. The largest absolute Gasteiger partial charge is 0.445 e. The third-order valence-electron chi connectivity index (χ3n) is 4.66. The molecule has 0 radical (unpaired) electrons. The van der Waals surface area contributed by atoms with Gasteiger partial charge in [0.2, 0.25) is 0 Å². The molecule has 1 N–H and O–H groups in total. The van der Waals surface area contributed by atoms with Crippen molar-refractivity contribution < 1.29 is 17.9 Å². The van der Waals surface area contributed by atoms with Crippen LogP contribution in [0.25, 0.3) is 0 Å². The van der Waals surface area contributed by atoms with Crippen molar-refractivity contribution in [3.63, 3.8) is 0 Å². The number of ether oxygens (including phenoxy) is 1. The summed E-state index contributed by atoms with van der Waals surface area (Å²) in [6, 6.07) is 11.3. The van der Waals surface area contributed by atoms with Crippen LogP contribution in [0.2, 0.25) is 0 Å². The lowest BCUT2D eigenvalue weighted by Crippen LogP contribution is -2.55. The maximum absolute atomic E-state index is 12.1. The second kappa shape index (κ2) is 5.85. The SMILES string of the molecule is N#CC1(NC(=O)OCc2ccccc2)CC2CCC(C1)S2(=O)=O. The normalized spacial score (nSPS) is 31.1. The number of amides is 1. The summed E-state index contributed by atoms with van der Waals surface area (Å²) in [6.45, 7) is 0.110. The monoisotopic (exact) mass is 334 g/mol. The number of fused-ring (bicyclic) bond motifs is 2. The highest BCUT2D eigenvalue weighted by atomic mass is 32.2. The number of hydrogen-bond acceptors (Lipinski definition) is 5. The molecular formula is C16H18N2O4S. The van der Waals surface area contributed by atoms with Gasteiger partial charge in [0.15, 0.2) is 9.84 Å². The number of carbonyl (C=O) groups is 1. The summed E-state index contributed by atoms with van der Waals surface area (Å²) in [5.41, 5.74) is -0.301. The van der Waals surface area contributed by atoms with Gasteiger partial charge in [-0.3, -0.25) is 0 Å². The molecule has 2 unspecified atom stereocenters. The summed E-state index contributed by atoms with van der Waals surface area (Å²) >= 11 is 0. The van der Waals surface area contributed by atoms with Gasteiger partial charge in [-0.1, -0.05) is 30.3 Å². The van der Waals surface area contributed by atoms with Crippen LogP contribution in [-0.4, -0.2) is 30.5 Å². The van der Waals surface area contributed by atoms with Crippen LogP contribution in [0, 0.1) is 11.3 Å². The third kappa shape index (κ3) is 3.04. The van der Waals surface area contributed by atoms with Crippen LogP contribution in [0.4, 0.5) is 4.79 Å². The number of hydrogen-bond donors (Lipinski definition) is 1. The van der Waals surface area contributed by atoms with E-state index in [1.807, 2.05) is 30.3 Å². The van der Waals surface area contributed by atoms with Crippen molar-refractivity contribution in [1.82, 2.24) is 5.32 Å². The van der Waals surface area contributed by atoms with Crippen LogP contribution in [0.3, 0.4) is 0 Å². The van der Waals surface area contributed by atoms with Crippen LogP contribution in [-0.2, 0) is 21.2 Å². The van der Waals surface area contributed by atoms with Crippen molar-refractivity contribution in [1.29, 1.82) is 5.26 Å². The van der Waals surface area contributed by atoms with Crippen LogP contribution in [0.15, 0.2) is 30.3 Å². The standard InChI is InChI=1S/C16H18N2O4S/c17-11-16(8-13-6-7-14(9-16)23(13,20)21)18-15(19)22-10-12-4-2-1-3-5-12/h1-5,13-14H,6-10H2,(H,18,19). The molecule has 0 saturated carbocycles. The molecule has 1 aromatic rings. The molecule has 2 atom stereocenters. The van der Waals surface area contributed by atoms with Gasteiger partial charge in [0.25, 0.3) is 0 Å². The van der Waals surface area contributed by atoms with Gasteiger partial charge in [-0.25, -0.2) is 13.2 Å². The van der Waals surface area contributed by atoms with Gasteiger partial charge < -0.3 is 10.1 Å². The first kappa shape index (κ1) is 15.8. The Morgan fingerprint density at radius 3 is 2.43 bits per heavy atom. The Bertz CT molecular complexity index is 719. The summed E-state index contributed by atoms with van der Waals surface area (Å²) in [4.78, 5) is 12.0. The fraction of sp³-hybridized carbons (Fsp3) is 0.500. The second-order valence-electron chi connectivity index (χ2n) is 6.20. The third-order valence-corrected chi connectivity index (χ3v) is 7.32. The fourth-order valence-electron chi connectivity index (χ4n) is 3.45. The Kier molecular flexibility index (Phi) is 4.02. The Morgan fingerprint density at radius 1 is 1.26 bits per heavy atom. The van der Waals surface area contributed by atoms with Crippen LogP contribution < -0.4 is 5.32 Å². The second-order valence-corrected chi connectivity index (χ2v) is 8.71. The minimum Gasteiger partial charge on any atom is -0.445 e. The number of alkyl carbamates (subject to hydrolysis) is 1. The van der Waals surface area contributed by atoms with E-state index in [1.54, 1.807) is 0 Å². The zero-order chi connectivity index (χ0) is 16.5. The number of rotatable bonds is 3. The van der Waals surface area contributed by atoms with E-state index < -0.39 is 32.0 Å². The predicted molar refractivity (Wildman–Crippen MR) is 83.1 cm³/mol. The summed E-state index contributed by atoms with van der Waals surface area (Å²) < 4.78 is 29.4. The van der Waals surface area contributed by atoms with Crippen molar-refractivity contribution >= 4 is 15.9 Å². The minimum absolute atomic E-state index is 0.110. The van der Waals surface area contributed by atoms with Crippen LogP contribution in [0.5, 0.6) is 0 Å². The molecule has 1 amide bonds. The van der Waals surface area contributed by atoms with Gasteiger partial charge in [-0.15, -0.1) is 0 Å². The minimum atomic E-state index is -3.14.